The van der Waals surface area contributed by atoms with E-state index >= 15 is 0 Å². The van der Waals surface area contributed by atoms with Crippen molar-refractivity contribution < 1.29 is 19.4 Å². The van der Waals surface area contributed by atoms with Gasteiger partial charge in [-0.1, -0.05) is 6.07 Å². The van der Waals surface area contributed by atoms with Crippen LogP contribution in [0.4, 0.5) is 0 Å². The van der Waals surface area contributed by atoms with Crippen LogP contribution in [0.5, 0.6) is 11.5 Å². The normalized spacial score (nSPS) is 10.2. The van der Waals surface area contributed by atoms with Crippen molar-refractivity contribution in [2.45, 2.75) is 13.3 Å². The van der Waals surface area contributed by atoms with Gasteiger partial charge in [-0.15, -0.1) is 0 Å². The van der Waals surface area contributed by atoms with E-state index in [0.29, 0.717) is 22.8 Å². The first kappa shape index (κ1) is 14.8. The Labute approximate surface area is 123 Å². The van der Waals surface area contributed by atoms with Crippen LogP contribution in [-0.2, 0) is 11.2 Å². The lowest BCUT2D eigenvalue weighted by molar-refractivity contribution is -0.136. The average Bonchev–Trinajstić information content (AvgIpc) is 2.48. The molecule has 1 aromatic heterocycles. The first-order chi connectivity index (χ1) is 10.0. The maximum absolute atomic E-state index is 10.8. The SMILES string of the molecule is COc1ccc(OC)c(-c2ccc(CC(=O)O)c(C)n2)c1. The van der Waals surface area contributed by atoms with Crippen molar-refractivity contribution in [2.24, 2.45) is 0 Å². The van der Waals surface area contributed by atoms with Crippen LogP contribution < -0.4 is 9.47 Å². The highest BCUT2D eigenvalue weighted by atomic mass is 16.5. The van der Waals surface area contributed by atoms with Crippen molar-refractivity contribution in [2.75, 3.05) is 14.2 Å². The molecular formula is C16H17NO4. The number of methoxy groups -OCH3 is 2. The second-order valence-electron chi connectivity index (χ2n) is 4.58. The molecule has 0 spiro atoms. The highest BCUT2D eigenvalue weighted by Gasteiger charge is 2.12. The molecule has 110 valence electrons. The van der Waals surface area contributed by atoms with Crippen molar-refractivity contribution in [1.82, 2.24) is 4.98 Å². The lowest BCUT2D eigenvalue weighted by Gasteiger charge is -2.11. The molecule has 0 fully saturated rings. The number of pyridine rings is 1. The molecule has 0 aliphatic heterocycles. The number of ether oxygens (including phenoxy) is 2. The molecule has 1 aromatic carbocycles. The molecule has 5 heteroatoms. The van der Waals surface area contributed by atoms with Gasteiger partial charge in [0.15, 0.2) is 0 Å². The molecule has 21 heavy (non-hydrogen) atoms. The number of rotatable bonds is 5. The minimum Gasteiger partial charge on any atom is -0.497 e. The standard InChI is InChI=1S/C16H17NO4/c1-10-11(8-16(18)19)4-6-14(17-10)13-9-12(20-2)5-7-15(13)21-3/h4-7,9H,8H2,1-3H3,(H,18,19). The number of carbonyl (C=O) groups is 1. The Morgan fingerprint density at radius 1 is 1.19 bits per heavy atom. The van der Waals surface area contributed by atoms with Crippen LogP contribution in [0.1, 0.15) is 11.3 Å². The van der Waals surface area contributed by atoms with Crippen LogP contribution in [0.15, 0.2) is 30.3 Å². The van der Waals surface area contributed by atoms with Crippen LogP contribution in [0.3, 0.4) is 0 Å². The predicted molar refractivity (Wildman–Crippen MR) is 78.9 cm³/mol. The lowest BCUT2D eigenvalue weighted by Crippen LogP contribution is -2.04. The molecule has 2 rings (SSSR count). The number of hydrogen-bond acceptors (Lipinski definition) is 4. The van der Waals surface area contributed by atoms with Crippen molar-refractivity contribution >= 4 is 5.97 Å². The largest absolute Gasteiger partial charge is 0.497 e. The summed E-state index contributed by atoms with van der Waals surface area (Å²) < 4.78 is 10.6. The van der Waals surface area contributed by atoms with Crippen LogP contribution >= 0.6 is 0 Å². The quantitative estimate of drug-likeness (QED) is 0.915. The Balaban J connectivity index is 2.46. The van der Waals surface area contributed by atoms with E-state index in [9.17, 15) is 4.79 Å². The predicted octanol–water partition coefficient (Wildman–Crippen LogP) is 2.70. The fraction of sp³-hybridized carbons (Fsp3) is 0.250. The second-order valence-corrected chi connectivity index (χ2v) is 4.58. The van der Waals surface area contributed by atoms with E-state index in [1.807, 2.05) is 18.2 Å². The zero-order valence-corrected chi connectivity index (χ0v) is 12.2. The van der Waals surface area contributed by atoms with Gasteiger partial charge in [-0.25, -0.2) is 0 Å². The number of nitrogens with zero attached hydrogens (tertiary/aromatic N) is 1. The van der Waals surface area contributed by atoms with E-state index in [0.717, 1.165) is 11.3 Å². The van der Waals surface area contributed by atoms with E-state index in [-0.39, 0.29) is 6.42 Å². The van der Waals surface area contributed by atoms with Gasteiger partial charge < -0.3 is 14.6 Å². The number of aryl methyl sites for hydroxylation is 1. The zero-order valence-electron chi connectivity index (χ0n) is 12.2. The van der Waals surface area contributed by atoms with Gasteiger partial charge >= 0.3 is 5.97 Å². The summed E-state index contributed by atoms with van der Waals surface area (Å²) in [5.74, 6) is 0.528. The van der Waals surface area contributed by atoms with E-state index in [1.165, 1.54) is 0 Å². The molecule has 0 amide bonds. The molecule has 0 saturated carbocycles. The molecular weight excluding hydrogens is 270 g/mol. The summed E-state index contributed by atoms with van der Waals surface area (Å²) in [7, 11) is 3.19. The zero-order chi connectivity index (χ0) is 15.4. The van der Waals surface area contributed by atoms with Crippen molar-refractivity contribution in [1.29, 1.82) is 0 Å². The second kappa shape index (κ2) is 6.26. The number of carboxylic acids is 1. The van der Waals surface area contributed by atoms with Crippen molar-refractivity contribution in [3.05, 3.63) is 41.6 Å². The molecule has 0 unspecified atom stereocenters. The molecule has 0 aliphatic rings. The fourth-order valence-electron chi connectivity index (χ4n) is 2.10. The Bertz CT molecular complexity index is 667. The topological polar surface area (TPSA) is 68.7 Å². The van der Waals surface area contributed by atoms with Gasteiger partial charge in [-0.2, -0.15) is 0 Å². The summed E-state index contributed by atoms with van der Waals surface area (Å²) in [5, 5.41) is 8.86. The van der Waals surface area contributed by atoms with Crippen LogP contribution in [0.2, 0.25) is 0 Å². The third-order valence-electron chi connectivity index (χ3n) is 3.22. The Kier molecular flexibility index (Phi) is 4.42. The smallest absolute Gasteiger partial charge is 0.307 e. The highest BCUT2D eigenvalue weighted by Crippen LogP contribution is 2.32. The molecule has 0 atom stereocenters. The van der Waals surface area contributed by atoms with Crippen LogP contribution in [0.25, 0.3) is 11.3 Å². The number of aliphatic carboxylic acids is 1. The highest BCUT2D eigenvalue weighted by molar-refractivity contribution is 5.72. The maximum Gasteiger partial charge on any atom is 0.307 e. The maximum atomic E-state index is 10.8. The van der Waals surface area contributed by atoms with E-state index < -0.39 is 5.97 Å². The van der Waals surface area contributed by atoms with Gasteiger partial charge in [-0.3, -0.25) is 9.78 Å². The van der Waals surface area contributed by atoms with E-state index in [1.54, 1.807) is 33.3 Å². The Morgan fingerprint density at radius 3 is 2.52 bits per heavy atom. The van der Waals surface area contributed by atoms with Crippen LogP contribution in [0, 0.1) is 6.92 Å². The number of aromatic nitrogens is 1. The minimum absolute atomic E-state index is 0.0334. The number of carboxylic acid groups (broad SMARTS) is 1. The van der Waals surface area contributed by atoms with Crippen molar-refractivity contribution in [3.8, 4) is 22.8 Å². The molecule has 1 N–H and O–H groups in total. The van der Waals surface area contributed by atoms with Crippen LogP contribution in [-0.4, -0.2) is 30.3 Å². The van der Waals surface area contributed by atoms with E-state index in [2.05, 4.69) is 4.98 Å². The fourth-order valence-corrected chi connectivity index (χ4v) is 2.10. The van der Waals surface area contributed by atoms with Crippen molar-refractivity contribution in [3.63, 3.8) is 0 Å². The first-order valence-electron chi connectivity index (χ1n) is 6.46. The molecule has 5 nitrogen and oxygen atoms in total. The number of benzene rings is 1. The summed E-state index contributed by atoms with van der Waals surface area (Å²) in [6.07, 6.45) is -0.0334. The van der Waals surface area contributed by atoms with Gasteiger partial charge in [0.2, 0.25) is 0 Å². The lowest BCUT2D eigenvalue weighted by atomic mass is 10.1. The van der Waals surface area contributed by atoms with E-state index in [4.69, 9.17) is 14.6 Å². The molecule has 0 aliphatic carbocycles. The third kappa shape index (κ3) is 3.31. The average molecular weight is 287 g/mol. The summed E-state index contributed by atoms with van der Waals surface area (Å²) in [6, 6.07) is 9.05. The molecule has 1 heterocycles. The minimum atomic E-state index is -0.869. The summed E-state index contributed by atoms with van der Waals surface area (Å²) >= 11 is 0. The molecule has 0 saturated heterocycles. The summed E-state index contributed by atoms with van der Waals surface area (Å²) in [4.78, 5) is 15.3. The van der Waals surface area contributed by atoms with Gasteiger partial charge in [0, 0.05) is 11.3 Å². The van der Waals surface area contributed by atoms with Gasteiger partial charge in [0.1, 0.15) is 11.5 Å². The summed E-state index contributed by atoms with van der Waals surface area (Å²) in [6.45, 7) is 1.80. The number of hydrogen-bond donors (Lipinski definition) is 1. The Morgan fingerprint density at radius 2 is 1.95 bits per heavy atom. The first-order valence-corrected chi connectivity index (χ1v) is 6.46. The molecule has 0 radical (unpaired) electrons. The molecule has 0 bridgehead atoms. The monoisotopic (exact) mass is 287 g/mol. The third-order valence-corrected chi connectivity index (χ3v) is 3.22. The summed E-state index contributed by atoms with van der Waals surface area (Å²) in [5.41, 5.74) is 2.92. The molecule has 2 aromatic rings. The van der Waals surface area contributed by atoms with Gasteiger partial charge in [-0.05, 0) is 36.8 Å². The van der Waals surface area contributed by atoms with Gasteiger partial charge in [0.05, 0.1) is 26.3 Å². The van der Waals surface area contributed by atoms with Gasteiger partial charge in [0.25, 0.3) is 0 Å². The Hall–Kier alpha value is -2.56.